The van der Waals surface area contributed by atoms with Crippen LogP contribution in [0.4, 0.5) is 10.1 Å². The Labute approximate surface area is 128 Å². The van der Waals surface area contributed by atoms with Crippen molar-refractivity contribution in [3.05, 3.63) is 29.6 Å². The molecule has 2 rings (SSSR count). The van der Waals surface area contributed by atoms with Crippen LogP contribution in [0.1, 0.15) is 46.1 Å². The molecule has 1 fully saturated rings. The molecule has 1 N–H and O–H groups in total. The third-order valence-electron chi connectivity index (χ3n) is 4.55. The number of hydrogen-bond acceptors (Lipinski definition) is 2. The molecule has 2 nitrogen and oxygen atoms in total. The van der Waals surface area contributed by atoms with Gasteiger partial charge in [0.1, 0.15) is 5.82 Å². The van der Waals surface area contributed by atoms with E-state index in [4.69, 9.17) is 0 Å². The molecule has 0 bridgehead atoms. The highest BCUT2D eigenvalue weighted by Crippen LogP contribution is 2.29. The lowest BCUT2D eigenvalue weighted by molar-refractivity contribution is 0.310. The van der Waals surface area contributed by atoms with Gasteiger partial charge in [0.25, 0.3) is 0 Å². The molecule has 0 unspecified atom stereocenters. The number of nitrogens with zero attached hydrogens (tertiary/aromatic N) is 1. The molecule has 0 amide bonds. The third kappa shape index (κ3) is 4.44. The molecule has 0 spiro atoms. The number of halogens is 1. The maximum atomic E-state index is 14.3. The van der Waals surface area contributed by atoms with Crippen molar-refractivity contribution in [1.82, 2.24) is 5.32 Å². The Hall–Kier alpha value is -1.09. The Morgan fingerprint density at radius 3 is 2.38 bits per heavy atom. The lowest BCUT2D eigenvalue weighted by Crippen LogP contribution is -2.35. The van der Waals surface area contributed by atoms with E-state index < -0.39 is 0 Å². The van der Waals surface area contributed by atoms with Gasteiger partial charge in [-0.2, -0.15) is 0 Å². The summed E-state index contributed by atoms with van der Waals surface area (Å²) in [6.45, 7) is 11.5. The molecule has 1 saturated heterocycles. The molecule has 0 saturated carbocycles. The van der Waals surface area contributed by atoms with Gasteiger partial charge in [0.2, 0.25) is 0 Å². The molecule has 118 valence electrons. The summed E-state index contributed by atoms with van der Waals surface area (Å²) in [5.41, 5.74) is 1.78. The van der Waals surface area contributed by atoms with Gasteiger partial charge in [-0.15, -0.1) is 0 Å². The van der Waals surface area contributed by atoms with Crippen molar-refractivity contribution in [3.63, 3.8) is 0 Å². The molecule has 0 aliphatic carbocycles. The summed E-state index contributed by atoms with van der Waals surface area (Å²) in [4.78, 5) is 2.20. The van der Waals surface area contributed by atoms with E-state index in [9.17, 15) is 4.39 Å². The number of piperidine rings is 1. The summed E-state index contributed by atoms with van der Waals surface area (Å²) in [5.74, 6) is 1.45. The standard InChI is InChI=1S/C18H29FN2/c1-13(2)16-7-9-21(10-8-16)18-6-5-15(11-17(18)19)12-20-14(3)4/h5-6,11,13-14,16,20H,7-10,12H2,1-4H3. The van der Waals surface area contributed by atoms with Crippen molar-refractivity contribution in [2.75, 3.05) is 18.0 Å². The Balaban J connectivity index is 1.98. The molecular weight excluding hydrogens is 263 g/mol. The SMILES string of the molecule is CC(C)NCc1ccc(N2CCC(C(C)C)CC2)c(F)c1. The Morgan fingerprint density at radius 2 is 1.86 bits per heavy atom. The molecule has 21 heavy (non-hydrogen) atoms. The van der Waals surface area contributed by atoms with Crippen LogP contribution in [-0.2, 0) is 6.54 Å². The fourth-order valence-electron chi connectivity index (χ4n) is 3.05. The van der Waals surface area contributed by atoms with Crippen LogP contribution < -0.4 is 10.2 Å². The van der Waals surface area contributed by atoms with Crippen LogP contribution in [0.25, 0.3) is 0 Å². The average Bonchev–Trinajstić information content (AvgIpc) is 2.45. The van der Waals surface area contributed by atoms with Crippen molar-refractivity contribution < 1.29 is 4.39 Å². The van der Waals surface area contributed by atoms with E-state index in [1.165, 1.54) is 12.8 Å². The zero-order valence-electron chi connectivity index (χ0n) is 13.8. The highest BCUT2D eigenvalue weighted by atomic mass is 19.1. The summed E-state index contributed by atoms with van der Waals surface area (Å²) in [6, 6.07) is 6.09. The first kappa shape index (κ1) is 16.3. The van der Waals surface area contributed by atoms with Crippen molar-refractivity contribution >= 4 is 5.69 Å². The van der Waals surface area contributed by atoms with Gasteiger partial charge in [-0.3, -0.25) is 0 Å². The van der Waals surface area contributed by atoms with Gasteiger partial charge in [-0.1, -0.05) is 33.8 Å². The minimum absolute atomic E-state index is 0.0824. The number of nitrogens with one attached hydrogen (secondary N) is 1. The van der Waals surface area contributed by atoms with Crippen LogP contribution in [0.2, 0.25) is 0 Å². The van der Waals surface area contributed by atoms with Gasteiger partial charge in [0, 0.05) is 25.7 Å². The largest absolute Gasteiger partial charge is 0.369 e. The summed E-state index contributed by atoms with van der Waals surface area (Å²) in [7, 11) is 0. The van der Waals surface area contributed by atoms with Gasteiger partial charge in [-0.05, 0) is 42.4 Å². The summed E-state index contributed by atoms with van der Waals surface area (Å²) in [6.07, 6.45) is 2.35. The fraction of sp³-hybridized carbons (Fsp3) is 0.667. The number of rotatable bonds is 5. The summed E-state index contributed by atoms with van der Waals surface area (Å²) in [5, 5.41) is 3.33. The molecule has 1 aliphatic heterocycles. The predicted octanol–water partition coefficient (Wildman–Crippen LogP) is 4.20. The molecule has 1 aliphatic rings. The maximum absolute atomic E-state index is 14.3. The van der Waals surface area contributed by atoms with Gasteiger partial charge >= 0.3 is 0 Å². The van der Waals surface area contributed by atoms with Crippen LogP contribution >= 0.6 is 0 Å². The van der Waals surface area contributed by atoms with Crippen molar-refractivity contribution in [2.45, 2.75) is 53.1 Å². The predicted molar refractivity (Wildman–Crippen MR) is 88.2 cm³/mol. The number of benzene rings is 1. The second-order valence-electron chi connectivity index (χ2n) is 6.89. The smallest absolute Gasteiger partial charge is 0.146 e. The van der Waals surface area contributed by atoms with Gasteiger partial charge in [0.15, 0.2) is 0 Å². The highest BCUT2D eigenvalue weighted by molar-refractivity contribution is 5.49. The van der Waals surface area contributed by atoms with Gasteiger partial charge < -0.3 is 10.2 Å². The van der Waals surface area contributed by atoms with Gasteiger partial charge in [-0.25, -0.2) is 4.39 Å². The Bertz CT molecular complexity index is 449. The average molecular weight is 292 g/mol. The Morgan fingerprint density at radius 1 is 1.19 bits per heavy atom. The number of hydrogen-bond donors (Lipinski definition) is 1. The minimum atomic E-state index is -0.0824. The lowest BCUT2D eigenvalue weighted by atomic mass is 9.86. The van der Waals surface area contributed by atoms with Crippen molar-refractivity contribution in [3.8, 4) is 0 Å². The lowest BCUT2D eigenvalue weighted by Gasteiger charge is -2.35. The molecular formula is C18H29FN2. The van der Waals surface area contributed by atoms with E-state index >= 15 is 0 Å². The fourth-order valence-corrected chi connectivity index (χ4v) is 3.05. The van der Waals surface area contributed by atoms with Crippen LogP contribution in [0.3, 0.4) is 0 Å². The minimum Gasteiger partial charge on any atom is -0.369 e. The highest BCUT2D eigenvalue weighted by Gasteiger charge is 2.23. The van der Waals surface area contributed by atoms with Crippen molar-refractivity contribution in [1.29, 1.82) is 0 Å². The van der Waals surface area contributed by atoms with E-state index in [-0.39, 0.29) is 5.82 Å². The summed E-state index contributed by atoms with van der Waals surface area (Å²) < 4.78 is 14.3. The van der Waals surface area contributed by atoms with Crippen LogP contribution in [0.5, 0.6) is 0 Å². The molecule has 1 aromatic carbocycles. The first-order valence-corrected chi connectivity index (χ1v) is 8.24. The maximum Gasteiger partial charge on any atom is 0.146 e. The van der Waals surface area contributed by atoms with Crippen LogP contribution in [0.15, 0.2) is 18.2 Å². The zero-order valence-corrected chi connectivity index (χ0v) is 13.8. The van der Waals surface area contributed by atoms with Crippen molar-refractivity contribution in [2.24, 2.45) is 11.8 Å². The second kappa shape index (κ2) is 7.26. The van der Waals surface area contributed by atoms with Gasteiger partial charge in [0.05, 0.1) is 5.69 Å². The molecule has 1 heterocycles. The van der Waals surface area contributed by atoms with Crippen LogP contribution in [0, 0.1) is 17.7 Å². The molecule has 0 radical (unpaired) electrons. The van der Waals surface area contributed by atoms with E-state index in [2.05, 4.69) is 37.9 Å². The first-order valence-electron chi connectivity index (χ1n) is 8.24. The quantitative estimate of drug-likeness (QED) is 0.875. The van der Waals surface area contributed by atoms with E-state index in [0.29, 0.717) is 6.04 Å². The first-order chi connectivity index (χ1) is 9.97. The molecule has 0 aromatic heterocycles. The number of anilines is 1. The van der Waals surface area contributed by atoms with E-state index in [1.54, 1.807) is 6.07 Å². The molecule has 1 aromatic rings. The molecule has 3 heteroatoms. The topological polar surface area (TPSA) is 15.3 Å². The Kier molecular flexibility index (Phi) is 5.63. The summed E-state index contributed by atoms with van der Waals surface area (Å²) >= 11 is 0. The normalized spacial score (nSPS) is 17.0. The zero-order chi connectivity index (χ0) is 15.4. The monoisotopic (exact) mass is 292 g/mol. The molecule has 0 atom stereocenters. The second-order valence-corrected chi connectivity index (χ2v) is 6.89. The van der Waals surface area contributed by atoms with Crippen LogP contribution in [-0.4, -0.2) is 19.1 Å². The third-order valence-corrected chi connectivity index (χ3v) is 4.55. The van der Waals surface area contributed by atoms with E-state index in [1.807, 2.05) is 12.1 Å². The van der Waals surface area contributed by atoms with E-state index in [0.717, 1.165) is 42.7 Å².